The molecule has 0 aliphatic heterocycles. The summed E-state index contributed by atoms with van der Waals surface area (Å²) in [6.07, 6.45) is 2.31. The highest BCUT2D eigenvalue weighted by Gasteiger charge is 2.26. The van der Waals surface area contributed by atoms with Crippen LogP contribution in [-0.2, 0) is 29.5 Å². The Morgan fingerprint density at radius 1 is 1.06 bits per heavy atom. The lowest BCUT2D eigenvalue weighted by atomic mass is 10.1. The summed E-state index contributed by atoms with van der Waals surface area (Å²) in [6.45, 7) is 0.259. The maximum Gasteiger partial charge on any atom is 0.333 e. The van der Waals surface area contributed by atoms with Gasteiger partial charge in [-0.05, 0) is 42.5 Å². The van der Waals surface area contributed by atoms with Crippen molar-refractivity contribution in [1.82, 2.24) is 23.4 Å². The van der Waals surface area contributed by atoms with Crippen LogP contribution in [0.4, 0.5) is 4.39 Å². The second-order valence-electron chi connectivity index (χ2n) is 9.31. The van der Waals surface area contributed by atoms with E-state index in [9.17, 15) is 22.4 Å². The quantitative estimate of drug-likeness (QED) is 0.391. The molecule has 9 nitrogen and oxygen atoms in total. The number of H-pyrrole nitrogens is 1. The minimum absolute atomic E-state index is 0.176. The first-order valence-electron chi connectivity index (χ1n) is 11.6. The van der Waals surface area contributed by atoms with E-state index in [-0.39, 0.29) is 28.2 Å². The Kier molecular flexibility index (Phi) is 6.13. The van der Waals surface area contributed by atoms with E-state index < -0.39 is 27.1 Å². The van der Waals surface area contributed by atoms with Gasteiger partial charge in [0.2, 0.25) is 10.0 Å². The van der Waals surface area contributed by atoms with Crippen LogP contribution in [0, 0.1) is 11.7 Å². The summed E-state index contributed by atoms with van der Waals surface area (Å²) in [7, 11) is -0.601. The van der Waals surface area contributed by atoms with Crippen molar-refractivity contribution in [3.05, 3.63) is 92.1 Å². The molecular formula is C25H26FN5O4S. The maximum atomic E-state index is 14.3. The second kappa shape index (κ2) is 9.14. The van der Waals surface area contributed by atoms with Crippen LogP contribution in [-0.4, -0.2) is 45.9 Å². The van der Waals surface area contributed by atoms with Gasteiger partial charge in [0.05, 0.1) is 11.4 Å². The number of sulfonamides is 1. The Morgan fingerprint density at radius 2 is 1.75 bits per heavy atom. The number of hydrogen-bond donors (Lipinski definition) is 1. The van der Waals surface area contributed by atoms with Crippen molar-refractivity contribution in [3.63, 3.8) is 0 Å². The highest BCUT2D eigenvalue weighted by molar-refractivity contribution is 7.89. The van der Waals surface area contributed by atoms with Gasteiger partial charge >= 0.3 is 5.69 Å². The summed E-state index contributed by atoms with van der Waals surface area (Å²) in [6, 6.07) is 12.5. The number of hydrogen-bond acceptors (Lipinski definition) is 5. The van der Waals surface area contributed by atoms with Gasteiger partial charge in [-0.2, -0.15) is 0 Å². The molecule has 4 aromatic rings. The second-order valence-corrected chi connectivity index (χ2v) is 11.5. The molecule has 0 amide bonds. The number of benzene rings is 2. The van der Waals surface area contributed by atoms with E-state index >= 15 is 0 Å². The van der Waals surface area contributed by atoms with Crippen molar-refractivity contribution in [2.75, 3.05) is 14.1 Å². The molecule has 1 N–H and O–H groups in total. The number of nitrogens with zero attached hydrogens (tertiary/aromatic N) is 4. The van der Waals surface area contributed by atoms with Gasteiger partial charge in [0.15, 0.2) is 5.65 Å². The van der Waals surface area contributed by atoms with Crippen molar-refractivity contribution >= 4 is 21.2 Å². The molecule has 0 saturated heterocycles. The van der Waals surface area contributed by atoms with Gasteiger partial charge in [0.25, 0.3) is 5.56 Å². The molecule has 0 radical (unpaired) electrons. The molecule has 36 heavy (non-hydrogen) atoms. The van der Waals surface area contributed by atoms with E-state index in [4.69, 9.17) is 0 Å². The monoisotopic (exact) mass is 511 g/mol. The van der Waals surface area contributed by atoms with E-state index in [2.05, 4.69) is 9.97 Å². The molecular weight excluding hydrogens is 485 g/mol. The highest BCUT2D eigenvalue weighted by Crippen LogP contribution is 2.30. The van der Waals surface area contributed by atoms with Crippen LogP contribution in [0.25, 0.3) is 11.2 Å². The van der Waals surface area contributed by atoms with Crippen LogP contribution in [0.1, 0.15) is 29.8 Å². The van der Waals surface area contributed by atoms with Crippen LogP contribution in [0.3, 0.4) is 0 Å². The Morgan fingerprint density at radius 3 is 2.39 bits per heavy atom. The highest BCUT2D eigenvalue weighted by atomic mass is 32.2. The molecule has 1 fully saturated rings. The molecule has 2 aromatic heterocycles. The van der Waals surface area contributed by atoms with E-state index in [1.807, 2.05) is 0 Å². The minimum Gasteiger partial charge on any atom is -0.336 e. The Hall–Kier alpha value is -3.57. The van der Waals surface area contributed by atoms with Crippen LogP contribution >= 0.6 is 0 Å². The van der Waals surface area contributed by atoms with E-state index in [1.165, 1.54) is 36.9 Å². The first-order chi connectivity index (χ1) is 17.1. The molecule has 0 bridgehead atoms. The summed E-state index contributed by atoms with van der Waals surface area (Å²) < 4.78 is 42.6. The van der Waals surface area contributed by atoms with Gasteiger partial charge in [-0.3, -0.25) is 13.9 Å². The lowest BCUT2D eigenvalue weighted by molar-refractivity contribution is 0.520. The predicted molar refractivity (Wildman–Crippen MR) is 133 cm³/mol. The number of halogens is 1. The molecule has 0 unspecified atom stereocenters. The molecule has 188 valence electrons. The number of aromatic amines is 1. The number of nitrogens with one attached hydrogen (secondary N) is 1. The lowest BCUT2D eigenvalue weighted by Gasteiger charge is -2.11. The molecule has 2 heterocycles. The van der Waals surface area contributed by atoms with Crippen molar-refractivity contribution in [3.8, 4) is 0 Å². The number of aromatic nitrogens is 4. The van der Waals surface area contributed by atoms with E-state index in [0.717, 1.165) is 27.3 Å². The molecule has 5 rings (SSSR count). The van der Waals surface area contributed by atoms with E-state index in [0.29, 0.717) is 24.7 Å². The minimum atomic E-state index is -3.54. The van der Waals surface area contributed by atoms with Crippen LogP contribution in [0.15, 0.2) is 63.0 Å². The SMILES string of the molecule is CN(C)S(=O)(=O)c1ccc(Cc2nc3c([nH]2)c(=O)n(Cc2ccccc2F)c(=O)n3CC2CC2)cc1. The van der Waals surface area contributed by atoms with Gasteiger partial charge in [0.1, 0.15) is 17.2 Å². The van der Waals surface area contributed by atoms with Crippen LogP contribution < -0.4 is 11.2 Å². The van der Waals surface area contributed by atoms with Gasteiger partial charge in [-0.15, -0.1) is 0 Å². The molecule has 0 spiro atoms. The largest absolute Gasteiger partial charge is 0.336 e. The first-order valence-corrected chi connectivity index (χ1v) is 13.1. The molecule has 1 aliphatic rings. The Bertz CT molecular complexity index is 1670. The predicted octanol–water partition coefficient (Wildman–Crippen LogP) is 2.32. The van der Waals surface area contributed by atoms with Gasteiger partial charge in [0, 0.05) is 32.6 Å². The van der Waals surface area contributed by atoms with Crippen LogP contribution in [0.2, 0.25) is 0 Å². The van der Waals surface area contributed by atoms with E-state index in [1.54, 1.807) is 30.3 Å². The maximum absolute atomic E-state index is 14.3. The van der Waals surface area contributed by atoms with Gasteiger partial charge in [-0.25, -0.2) is 26.9 Å². The fourth-order valence-corrected chi connectivity index (χ4v) is 5.04. The topological polar surface area (TPSA) is 110 Å². The third-order valence-electron chi connectivity index (χ3n) is 6.41. The number of imidazole rings is 1. The fourth-order valence-electron chi connectivity index (χ4n) is 4.14. The smallest absolute Gasteiger partial charge is 0.333 e. The summed E-state index contributed by atoms with van der Waals surface area (Å²) in [5.74, 6) is 0.331. The average Bonchev–Trinajstić information content (AvgIpc) is 3.58. The Balaban J connectivity index is 1.54. The zero-order valence-corrected chi connectivity index (χ0v) is 20.8. The summed E-state index contributed by atoms with van der Waals surface area (Å²) >= 11 is 0. The van der Waals surface area contributed by atoms with Gasteiger partial charge in [-0.1, -0.05) is 30.3 Å². The number of fused-ring (bicyclic) bond motifs is 1. The molecule has 0 atom stereocenters. The van der Waals surface area contributed by atoms with Gasteiger partial charge < -0.3 is 4.98 Å². The third kappa shape index (κ3) is 4.51. The molecule has 1 aliphatic carbocycles. The Labute approximate surface area is 206 Å². The molecule has 11 heteroatoms. The average molecular weight is 512 g/mol. The van der Waals surface area contributed by atoms with Crippen molar-refractivity contribution in [1.29, 1.82) is 0 Å². The normalized spacial score (nSPS) is 14.1. The third-order valence-corrected chi connectivity index (χ3v) is 8.24. The van der Waals surface area contributed by atoms with Crippen molar-refractivity contribution < 1.29 is 12.8 Å². The molecule has 2 aromatic carbocycles. The standard InChI is InChI=1S/C25H26FN5O4S/c1-29(2)36(34,35)19-11-9-16(10-12-19)13-21-27-22-23(28-21)30(14-17-7-8-17)25(33)31(24(22)32)15-18-5-3-4-6-20(18)26/h3-6,9-12,17H,7-8,13-15H2,1-2H3,(H,27,28). The summed E-state index contributed by atoms with van der Waals surface area (Å²) in [5, 5.41) is 0. The number of rotatable bonds is 8. The summed E-state index contributed by atoms with van der Waals surface area (Å²) in [4.78, 5) is 34.4. The van der Waals surface area contributed by atoms with Crippen LogP contribution in [0.5, 0.6) is 0 Å². The zero-order chi connectivity index (χ0) is 25.6. The fraction of sp³-hybridized carbons (Fsp3) is 0.320. The zero-order valence-electron chi connectivity index (χ0n) is 19.9. The van der Waals surface area contributed by atoms with Crippen molar-refractivity contribution in [2.45, 2.75) is 37.2 Å². The molecule has 1 saturated carbocycles. The van der Waals surface area contributed by atoms with Crippen molar-refractivity contribution in [2.24, 2.45) is 5.92 Å². The first kappa shape index (κ1) is 24.1. The summed E-state index contributed by atoms with van der Waals surface area (Å²) in [5.41, 5.74) is 0.434. The lowest BCUT2D eigenvalue weighted by Crippen LogP contribution is -2.40.